The largest absolute Gasteiger partial charge is 0.480 e. The number of amides is 1. The summed E-state index contributed by atoms with van der Waals surface area (Å²) in [5, 5.41) is 11.4. The van der Waals surface area contributed by atoms with E-state index in [0.29, 0.717) is 5.56 Å². The third kappa shape index (κ3) is 5.85. The molecule has 7 heteroatoms. The van der Waals surface area contributed by atoms with Crippen molar-refractivity contribution in [3.05, 3.63) is 42.2 Å². The molecular weight excluding hydrogens is 276 g/mol. The number of ether oxygens (including phenoxy) is 1. The number of carbonyl (C=O) groups is 3. The molecule has 7 nitrogen and oxygen atoms in total. The minimum Gasteiger partial charge on any atom is -0.480 e. The van der Waals surface area contributed by atoms with Gasteiger partial charge in [-0.25, -0.2) is 9.59 Å². The number of rotatable bonds is 7. The van der Waals surface area contributed by atoms with E-state index in [0.717, 1.165) is 6.08 Å². The lowest BCUT2D eigenvalue weighted by atomic mass is 10.1. The molecule has 0 aliphatic rings. The minimum atomic E-state index is -1.19. The van der Waals surface area contributed by atoms with Crippen LogP contribution in [0.4, 0.5) is 0 Å². The van der Waals surface area contributed by atoms with E-state index in [1.807, 2.05) is 0 Å². The molecule has 0 unspecified atom stereocenters. The van der Waals surface area contributed by atoms with E-state index in [4.69, 9.17) is 5.11 Å². The molecule has 0 spiro atoms. The molecule has 1 amide bonds. The van der Waals surface area contributed by atoms with Crippen molar-refractivity contribution in [2.24, 2.45) is 0 Å². The van der Waals surface area contributed by atoms with Crippen molar-refractivity contribution in [2.75, 3.05) is 6.61 Å². The van der Waals surface area contributed by atoms with Gasteiger partial charge < -0.3 is 15.2 Å². The van der Waals surface area contributed by atoms with Gasteiger partial charge in [0.1, 0.15) is 6.04 Å². The highest BCUT2D eigenvalue weighted by Gasteiger charge is 2.19. The third-order valence-corrected chi connectivity index (χ3v) is 2.46. The number of carboxylic acids is 1. The Morgan fingerprint density at radius 1 is 1.38 bits per heavy atom. The molecule has 0 aromatic carbocycles. The highest BCUT2D eigenvalue weighted by Crippen LogP contribution is 2.01. The molecular formula is C14H16N2O5. The number of carboxylic acid groups (broad SMARTS) is 1. The fourth-order valence-electron chi connectivity index (χ4n) is 1.46. The van der Waals surface area contributed by atoms with Crippen LogP contribution in [-0.4, -0.2) is 40.6 Å². The number of aliphatic carboxylic acids is 1. The molecule has 0 saturated heterocycles. The Hall–Kier alpha value is -2.70. The lowest BCUT2D eigenvalue weighted by Gasteiger charge is -2.12. The highest BCUT2D eigenvalue weighted by molar-refractivity contribution is 5.96. The maximum absolute atomic E-state index is 11.8. The molecule has 0 bridgehead atoms. The maximum atomic E-state index is 11.8. The zero-order valence-electron chi connectivity index (χ0n) is 11.5. The molecule has 2 N–H and O–H groups in total. The number of aromatic nitrogens is 1. The molecule has 1 rings (SSSR count). The third-order valence-electron chi connectivity index (χ3n) is 2.46. The fraction of sp³-hybridized carbons (Fsp3) is 0.286. The van der Waals surface area contributed by atoms with Crippen LogP contribution < -0.4 is 5.32 Å². The van der Waals surface area contributed by atoms with Gasteiger partial charge >= 0.3 is 11.9 Å². The Morgan fingerprint density at radius 3 is 2.62 bits per heavy atom. The lowest BCUT2D eigenvalue weighted by Crippen LogP contribution is -2.40. The number of hydrogen-bond donors (Lipinski definition) is 2. The summed E-state index contributed by atoms with van der Waals surface area (Å²) < 4.78 is 4.67. The normalized spacial score (nSPS) is 11.9. The summed E-state index contributed by atoms with van der Waals surface area (Å²) in [4.78, 5) is 37.8. The van der Waals surface area contributed by atoms with Gasteiger partial charge in [0.05, 0.1) is 6.61 Å². The van der Waals surface area contributed by atoms with Crippen molar-refractivity contribution in [2.45, 2.75) is 19.4 Å². The van der Waals surface area contributed by atoms with Crippen LogP contribution in [0.5, 0.6) is 0 Å². The van der Waals surface area contributed by atoms with E-state index in [9.17, 15) is 14.4 Å². The van der Waals surface area contributed by atoms with Gasteiger partial charge in [-0.3, -0.25) is 9.78 Å². The molecule has 0 saturated carbocycles. The standard InChI is InChI=1S/C14H16N2O5/c1-2-21-12(17)5-3-4-11(14(19)20)16-13(18)10-6-8-15-9-7-10/h3,5-9,11H,2,4H2,1H3,(H,16,18)(H,19,20)/b5-3+/t11-/m0/s1. The molecule has 0 aliphatic carbocycles. The Morgan fingerprint density at radius 2 is 2.05 bits per heavy atom. The smallest absolute Gasteiger partial charge is 0.330 e. The summed E-state index contributed by atoms with van der Waals surface area (Å²) in [6, 6.07) is 1.82. The topological polar surface area (TPSA) is 106 Å². The van der Waals surface area contributed by atoms with Crippen molar-refractivity contribution in [3.63, 3.8) is 0 Å². The predicted octanol–water partition coefficient (Wildman–Crippen LogP) is 0.774. The summed E-state index contributed by atoms with van der Waals surface area (Å²) in [6.07, 6.45) is 5.34. The molecule has 0 fully saturated rings. The van der Waals surface area contributed by atoms with Crippen molar-refractivity contribution < 1.29 is 24.2 Å². The van der Waals surface area contributed by atoms with Gasteiger partial charge in [-0.05, 0) is 25.5 Å². The van der Waals surface area contributed by atoms with Crippen LogP contribution in [0.25, 0.3) is 0 Å². The quantitative estimate of drug-likeness (QED) is 0.568. The number of carbonyl (C=O) groups excluding carboxylic acids is 2. The van der Waals surface area contributed by atoms with Crippen molar-refractivity contribution >= 4 is 17.8 Å². The second-order valence-electron chi connectivity index (χ2n) is 3.99. The van der Waals surface area contributed by atoms with Gasteiger partial charge in [0.25, 0.3) is 5.91 Å². The second-order valence-corrected chi connectivity index (χ2v) is 3.99. The zero-order valence-corrected chi connectivity index (χ0v) is 11.5. The number of hydrogen-bond acceptors (Lipinski definition) is 5. The van der Waals surface area contributed by atoms with Crippen molar-refractivity contribution in [1.82, 2.24) is 10.3 Å². The van der Waals surface area contributed by atoms with Gasteiger partial charge in [0.15, 0.2) is 0 Å². The first kappa shape index (κ1) is 16.4. The first-order valence-corrected chi connectivity index (χ1v) is 6.31. The molecule has 1 atom stereocenters. The monoisotopic (exact) mass is 292 g/mol. The summed E-state index contributed by atoms with van der Waals surface area (Å²) >= 11 is 0. The fourth-order valence-corrected chi connectivity index (χ4v) is 1.46. The molecule has 1 heterocycles. The molecule has 112 valence electrons. The van der Waals surface area contributed by atoms with Crippen LogP contribution in [0, 0.1) is 0 Å². The Bertz CT molecular complexity index is 527. The van der Waals surface area contributed by atoms with E-state index in [1.54, 1.807) is 6.92 Å². The van der Waals surface area contributed by atoms with Crippen LogP contribution >= 0.6 is 0 Å². The number of nitrogens with one attached hydrogen (secondary N) is 1. The van der Waals surface area contributed by atoms with E-state index in [2.05, 4.69) is 15.0 Å². The Balaban J connectivity index is 2.60. The van der Waals surface area contributed by atoms with Crippen LogP contribution in [0.3, 0.4) is 0 Å². The van der Waals surface area contributed by atoms with Crippen LogP contribution in [0.15, 0.2) is 36.7 Å². The number of nitrogens with zero attached hydrogens (tertiary/aromatic N) is 1. The van der Waals surface area contributed by atoms with Crippen LogP contribution in [0.2, 0.25) is 0 Å². The predicted molar refractivity (Wildman–Crippen MR) is 73.5 cm³/mol. The molecule has 0 aliphatic heterocycles. The van der Waals surface area contributed by atoms with Gasteiger partial charge in [-0.15, -0.1) is 0 Å². The zero-order chi connectivity index (χ0) is 15.7. The first-order valence-electron chi connectivity index (χ1n) is 6.31. The average Bonchev–Trinajstić information content (AvgIpc) is 2.47. The van der Waals surface area contributed by atoms with Crippen molar-refractivity contribution in [1.29, 1.82) is 0 Å². The number of pyridine rings is 1. The SMILES string of the molecule is CCOC(=O)/C=C/C[C@H](NC(=O)c1ccncc1)C(=O)O. The molecule has 1 aromatic heterocycles. The first-order chi connectivity index (χ1) is 10.0. The van der Waals surface area contributed by atoms with E-state index in [1.165, 1.54) is 30.6 Å². The summed E-state index contributed by atoms with van der Waals surface area (Å²) in [5.41, 5.74) is 0.311. The second kappa shape index (κ2) is 8.47. The van der Waals surface area contributed by atoms with E-state index in [-0.39, 0.29) is 13.0 Å². The molecule has 0 radical (unpaired) electrons. The summed E-state index contributed by atoms with van der Waals surface area (Å²) in [6.45, 7) is 1.91. The lowest BCUT2D eigenvalue weighted by molar-refractivity contribution is -0.139. The number of esters is 1. The average molecular weight is 292 g/mol. The molecule has 1 aromatic rings. The van der Waals surface area contributed by atoms with Gasteiger partial charge in [0.2, 0.25) is 0 Å². The van der Waals surface area contributed by atoms with Gasteiger partial charge in [-0.2, -0.15) is 0 Å². The minimum absolute atomic E-state index is 0.0228. The van der Waals surface area contributed by atoms with E-state index < -0.39 is 23.9 Å². The highest BCUT2D eigenvalue weighted by atomic mass is 16.5. The maximum Gasteiger partial charge on any atom is 0.330 e. The van der Waals surface area contributed by atoms with Gasteiger partial charge in [0, 0.05) is 24.0 Å². The summed E-state index contributed by atoms with van der Waals surface area (Å²) in [7, 11) is 0. The molecule has 21 heavy (non-hydrogen) atoms. The summed E-state index contributed by atoms with van der Waals surface area (Å²) in [5.74, 6) is -2.26. The Kier molecular flexibility index (Phi) is 6.59. The van der Waals surface area contributed by atoms with E-state index >= 15 is 0 Å². The van der Waals surface area contributed by atoms with Crippen LogP contribution in [-0.2, 0) is 14.3 Å². The van der Waals surface area contributed by atoms with Crippen molar-refractivity contribution in [3.8, 4) is 0 Å². The van der Waals surface area contributed by atoms with Crippen LogP contribution in [0.1, 0.15) is 23.7 Å². The Labute approximate surface area is 121 Å². The van der Waals surface area contributed by atoms with Gasteiger partial charge in [-0.1, -0.05) is 6.08 Å².